The summed E-state index contributed by atoms with van der Waals surface area (Å²) in [5.74, 6) is -1.41. The smallest absolute Gasteiger partial charge is 0.229 e. The average molecular weight is 228 g/mol. The van der Waals surface area contributed by atoms with Crippen molar-refractivity contribution in [3.63, 3.8) is 0 Å². The summed E-state index contributed by atoms with van der Waals surface area (Å²) in [4.78, 5) is 34.1. The lowest BCUT2D eigenvalue weighted by atomic mass is 9.98. The molecule has 0 rings (SSSR count). The first-order valence-electron chi connectivity index (χ1n) is 5.36. The van der Waals surface area contributed by atoms with Gasteiger partial charge in [0.2, 0.25) is 5.78 Å². The number of carbonyl (C=O) groups is 3. The Labute approximate surface area is 96.4 Å². The zero-order valence-electron chi connectivity index (χ0n) is 10.8. The van der Waals surface area contributed by atoms with E-state index >= 15 is 0 Å². The molecule has 4 heteroatoms. The fraction of sp³-hybridized carbons (Fsp3) is 0.750. The van der Waals surface area contributed by atoms with Crippen LogP contribution < -0.4 is 0 Å². The predicted molar refractivity (Wildman–Crippen MR) is 60.2 cm³/mol. The van der Waals surface area contributed by atoms with Gasteiger partial charge in [-0.1, -0.05) is 13.8 Å². The molecule has 0 radical (unpaired) electrons. The van der Waals surface area contributed by atoms with Crippen LogP contribution >= 0.6 is 0 Å². The molecule has 0 aliphatic carbocycles. The predicted octanol–water partition coefficient (Wildman–Crippen LogP) is 1.55. The van der Waals surface area contributed by atoms with Crippen molar-refractivity contribution in [2.45, 2.75) is 53.2 Å². The van der Waals surface area contributed by atoms with Crippen LogP contribution in [-0.4, -0.2) is 29.1 Å². The van der Waals surface area contributed by atoms with E-state index in [9.17, 15) is 14.4 Å². The van der Waals surface area contributed by atoms with Crippen molar-refractivity contribution in [2.24, 2.45) is 5.92 Å². The molecule has 0 amide bonds. The van der Waals surface area contributed by atoms with Gasteiger partial charge in [0, 0.05) is 12.8 Å². The Morgan fingerprint density at radius 2 is 1.50 bits per heavy atom. The SMILES string of the molecule is CC(=O)C(=O)C(C)(C)OC(C)C(=O)C(C)C. The van der Waals surface area contributed by atoms with Crippen LogP contribution in [0.2, 0.25) is 0 Å². The van der Waals surface area contributed by atoms with Crippen molar-refractivity contribution in [1.82, 2.24) is 0 Å². The first-order valence-corrected chi connectivity index (χ1v) is 5.36. The number of ether oxygens (including phenoxy) is 1. The van der Waals surface area contributed by atoms with E-state index in [1.807, 2.05) is 0 Å². The van der Waals surface area contributed by atoms with E-state index in [4.69, 9.17) is 4.74 Å². The second kappa shape index (κ2) is 5.34. The Morgan fingerprint density at radius 3 is 1.81 bits per heavy atom. The standard InChI is InChI=1S/C12H20O4/c1-7(2)10(14)9(4)16-12(5,6)11(15)8(3)13/h7,9H,1-6H3. The van der Waals surface area contributed by atoms with Crippen LogP contribution in [0.5, 0.6) is 0 Å². The normalized spacial score (nSPS) is 13.7. The number of carbonyl (C=O) groups excluding carboxylic acids is 3. The molecule has 0 N–H and O–H groups in total. The number of hydrogen-bond donors (Lipinski definition) is 0. The number of rotatable bonds is 6. The highest BCUT2D eigenvalue weighted by atomic mass is 16.5. The van der Waals surface area contributed by atoms with Crippen LogP contribution in [0.15, 0.2) is 0 Å². The van der Waals surface area contributed by atoms with Gasteiger partial charge in [0.25, 0.3) is 0 Å². The minimum Gasteiger partial charge on any atom is -0.357 e. The zero-order valence-corrected chi connectivity index (χ0v) is 10.8. The molecule has 1 unspecified atom stereocenters. The minimum absolute atomic E-state index is 0.0792. The maximum atomic E-state index is 11.6. The van der Waals surface area contributed by atoms with Crippen molar-refractivity contribution >= 4 is 17.3 Å². The summed E-state index contributed by atoms with van der Waals surface area (Å²) in [5.41, 5.74) is -1.24. The first kappa shape index (κ1) is 15.0. The van der Waals surface area contributed by atoms with Crippen LogP contribution in [0.3, 0.4) is 0 Å². The van der Waals surface area contributed by atoms with Crippen LogP contribution in [0.4, 0.5) is 0 Å². The number of hydrogen-bond acceptors (Lipinski definition) is 4. The van der Waals surface area contributed by atoms with E-state index < -0.39 is 23.3 Å². The van der Waals surface area contributed by atoms with Gasteiger partial charge in [-0.25, -0.2) is 0 Å². The maximum Gasteiger partial charge on any atom is 0.229 e. The average Bonchev–Trinajstić information content (AvgIpc) is 2.14. The monoisotopic (exact) mass is 228 g/mol. The molecule has 16 heavy (non-hydrogen) atoms. The Balaban J connectivity index is 4.66. The van der Waals surface area contributed by atoms with Crippen molar-refractivity contribution in [2.75, 3.05) is 0 Å². The van der Waals surface area contributed by atoms with Gasteiger partial charge in [-0.2, -0.15) is 0 Å². The highest BCUT2D eigenvalue weighted by Crippen LogP contribution is 2.16. The van der Waals surface area contributed by atoms with E-state index in [0.29, 0.717) is 0 Å². The van der Waals surface area contributed by atoms with Crippen LogP contribution in [-0.2, 0) is 19.1 Å². The van der Waals surface area contributed by atoms with Crippen molar-refractivity contribution in [3.8, 4) is 0 Å². The summed E-state index contributed by atoms with van der Waals surface area (Å²) < 4.78 is 5.36. The van der Waals surface area contributed by atoms with Crippen molar-refractivity contribution in [3.05, 3.63) is 0 Å². The summed E-state index contributed by atoms with van der Waals surface area (Å²) in [6, 6.07) is 0. The molecule has 0 aliphatic rings. The van der Waals surface area contributed by atoms with E-state index in [2.05, 4.69) is 0 Å². The largest absolute Gasteiger partial charge is 0.357 e. The molecule has 0 saturated heterocycles. The highest BCUT2D eigenvalue weighted by Gasteiger charge is 2.35. The summed E-state index contributed by atoms with van der Waals surface area (Å²) in [6.45, 7) is 9.32. The van der Waals surface area contributed by atoms with Crippen LogP contribution in [0, 0.1) is 5.92 Å². The van der Waals surface area contributed by atoms with E-state index in [1.165, 1.54) is 20.8 Å². The van der Waals surface area contributed by atoms with Gasteiger partial charge in [0.1, 0.15) is 11.7 Å². The third kappa shape index (κ3) is 3.85. The topological polar surface area (TPSA) is 60.4 Å². The fourth-order valence-electron chi connectivity index (χ4n) is 1.45. The lowest BCUT2D eigenvalue weighted by molar-refractivity contribution is -0.159. The molecule has 0 aromatic heterocycles. The molecule has 0 aliphatic heterocycles. The minimum atomic E-state index is -1.24. The maximum absolute atomic E-state index is 11.6. The quantitative estimate of drug-likeness (QED) is 0.647. The van der Waals surface area contributed by atoms with Crippen LogP contribution in [0.25, 0.3) is 0 Å². The highest BCUT2D eigenvalue weighted by molar-refractivity contribution is 6.39. The molecule has 0 fully saturated rings. The fourth-order valence-corrected chi connectivity index (χ4v) is 1.45. The lowest BCUT2D eigenvalue weighted by Gasteiger charge is -2.26. The van der Waals surface area contributed by atoms with Gasteiger partial charge in [-0.15, -0.1) is 0 Å². The molecule has 0 heterocycles. The van der Waals surface area contributed by atoms with Gasteiger partial charge >= 0.3 is 0 Å². The van der Waals surface area contributed by atoms with Gasteiger partial charge in [-0.3, -0.25) is 14.4 Å². The zero-order chi connectivity index (χ0) is 13.1. The number of ketones is 3. The molecular weight excluding hydrogens is 208 g/mol. The summed E-state index contributed by atoms with van der Waals surface area (Å²) in [5, 5.41) is 0. The third-order valence-corrected chi connectivity index (χ3v) is 2.31. The molecular formula is C12H20O4. The van der Waals surface area contributed by atoms with Crippen molar-refractivity contribution < 1.29 is 19.1 Å². The van der Waals surface area contributed by atoms with Gasteiger partial charge in [0.15, 0.2) is 11.6 Å². The third-order valence-electron chi connectivity index (χ3n) is 2.31. The van der Waals surface area contributed by atoms with E-state index in [1.54, 1.807) is 20.8 Å². The summed E-state index contributed by atoms with van der Waals surface area (Å²) in [7, 11) is 0. The van der Waals surface area contributed by atoms with Gasteiger partial charge in [-0.05, 0) is 20.8 Å². The van der Waals surface area contributed by atoms with Crippen molar-refractivity contribution in [1.29, 1.82) is 0 Å². The lowest BCUT2D eigenvalue weighted by Crippen LogP contribution is -2.44. The van der Waals surface area contributed by atoms with Crippen LogP contribution in [0.1, 0.15) is 41.5 Å². The molecule has 0 aromatic rings. The van der Waals surface area contributed by atoms with Gasteiger partial charge < -0.3 is 4.74 Å². The molecule has 0 spiro atoms. The number of Topliss-reactive ketones (excluding diaryl/α,β-unsaturated/α-hetero) is 3. The molecule has 0 aromatic carbocycles. The molecule has 4 nitrogen and oxygen atoms in total. The molecule has 1 atom stereocenters. The Kier molecular flexibility index (Phi) is 5.00. The summed E-state index contributed by atoms with van der Waals surface area (Å²) >= 11 is 0. The second-order valence-electron chi connectivity index (χ2n) is 4.71. The molecule has 0 saturated carbocycles. The first-order chi connectivity index (χ1) is 7.09. The molecule has 0 bridgehead atoms. The summed E-state index contributed by atoms with van der Waals surface area (Å²) in [6.07, 6.45) is -0.682. The Hall–Kier alpha value is -1.03. The van der Waals surface area contributed by atoms with E-state index in [-0.39, 0.29) is 11.7 Å². The molecule has 92 valence electrons. The second-order valence-corrected chi connectivity index (χ2v) is 4.71. The Bertz CT molecular complexity index is 302. The Morgan fingerprint density at radius 1 is 1.06 bits per heavy atom. The van der Waals surface area contributed by atoms with E-state index in [0.717, 1.165) is 0 Å². The van der Waals surface area contributed by atoms with Gasteiger partial charge in [0.05, 0.1) is 0 Å².